The highest BCUT2D eigenvalue weighted by Gasteiger charge is 2.34. The summed E-state index contributed by atoms with van der Waals surface area (Å²) >= 11 is 6.08. The Morgan fingerprint density at radius 2 is 1.89 bits per heavy atom. The first-order valence-corrected chi connectivity index (χ1v) is 11.4. The molecule has 2 aromatic heterocycles. The van der Waals surface area contributed by atoms with Gasteiger partial charge in [0.2, 0.25) is 0 Å². The van der Waals surface area contributed by atoms with Gasteiger partial charge in [-0.05, 0) is 62.1 Å². The molecule has 3 N–H and O–H groups in total. The van der Waals surface area contributed by atoms with E-state index in [2.05, 4.69) is 25.8 Å². The van der Waals surface area contributed by atoms with Gasteiger partial charge in [0.05, 0.1) is 28.2 Å². The average molecular weight is 506 g/mol. The smallest absolute Gasteiger partial charge is 0.382 e. The van der Waals surface area contributed by atoms with Crippen LogP contribution in [0, 0.1) is 5.82 Å². The summed E-state index contributed by atoms with van der Waals surface area (Å²) in [6, 6.07) is 8.01. The molecule has 2 heterocycles. The van der Waals surface area contributed by atoms with Crippen LogP contribution < -0.4 is 10.6 Å². The van der Waals surface area contributed by atoms with Crippen LogP contribution in [0.1, 0.15) is 41.7 Å². The molecule has 2 aromatic carbocycles. The molecule has 182 valence electrons. The van der Waals surface area contributed by atoms with E-state index in [0.29, 0.717) is 35.2 Å². The Hall–Kier alpha value is -3.40. The van der Waals surface area contributed by atoms with Crippen LogP contribution in [-0.2, 0) is 6.18 Å². The molecule has 4 aromatic rings. The van der Waals surface area contributed by atoms with Crippen molar-refractivity contribution in [2.45, 2.75) is 43.9 Å². The van der Waals surface area contributed by atoms with Gasteiger partial charge in [0.15, 0.2) is 0 Å². The summed E-state index contributed by atoms with van der Waals surface area (Å²) in [5.74, 6) is -1.20. The molecule has 0 saturated heterocycles. The number of pyridine rings is 1. The van der Waals surface area contributed by atoms with E-state index in [0.717, 1.165) is 12.5 Å². The number of aromatic nitrogens is 3. The summed E-state index contributed by atoms with van der Waals surface area (Å²) in [5.41, 5.74) is -0.140. The van der Waals surface area contributed by atoms with Gasteiger partial charge in [-0.3, -0.25) is 9.89 Å². The summed E-state index contributed by atoms with van der Waals surface area (Å²) in [6.07, 6.45) is -0.700. The van der Waals surface area contributed by atoms with Gasteiger partial charge in [0, 0.05) is 28.2 Å². The third kappa shape index (κ3) is 4.75. The molecule has 35 heavy (non-hydrogen) atoms. The third-order valence-corrected chi connectivity index (χ3v) is 6.47. The van der Waals surface area contributed by atoms with E-state index in [4.69, 9.17) is 11.6 Å². The van der Waals surface area contributed by atoms with Crippen molar-refractivity contribution in [2.24, 2.45) is 0 Å². The van der Waals surface area contributed by atoms with Crippen molar-refractivity contribution >= 4 is 45.0 Å². The van der Waals surface area contributed by atoms with Crippen LogP contribution >= 0.6 is 11.6 Å². The lowest BCUT2D eigenvalue weighted by molar-refractivity contribution is -0.140. The third-order valence-electron chi connectivity index (χ3n) is 6.23. The molecule has 5 rings (SSSR count). The van der Waals surface area contributed by atoms with Crippen molar-refractivity contribution in [1.29, 1.82) is 0 Å². The highest BCUT2D eigenvalue weighted by Crippen LogP contribution is 2.35. The molecular formula is C24H20ClF4N5O. The zero-order chi connectivity index (χ0) is 24.7. The Morgan fingerprint density at radius 1 is 1.09 bits per heavy atom. The van der Waals surface area contributed by atoms with Crippen LogP contribution in [0.4, 0.5) is 23.2 Å². The van der Waals surface area contributed by atoms with E-state index in [1.807, 2.05) is 0 Å². The Labute approximate surface area is 202 Å². The number of alkyl halides is 3. The van der Waals surface area contributed by atoms with E-state index < -0.39 is 23.6 Å². The maximum Gasteiger partial charge on any atom is 0.433 e. The molecule has 2 atom stereocenters. The fraction of sp³-hybridized carbons (Fsp3) is 0.292. The van der Waals surface area contributed by atoms with E-state index in [9.17, 15) is 22.4 Å². The summed E-state index contributed by atoms with van der Waals surface area (Å²) in [6.45, 7) is 0. The highest BCUT2D eigenvalue weighted by atomic mass is 35.5. The fourth-order valence-electron chi connectivity index (χ4n) is 4.56. The number of benzene rings is 2. The Kier molecular flexibility index (Phi) is 6.00. The molecule has 0 bridgehead atoms. The lowest BCUT2D eigenvalue weighted by Crippen LogP contribution is -2.42. The molecule has 1 amide bonds. The van der Waals surface area contributed by atoms with Crippen molar-refractivity contribution in [2.75, 3.05) is 5.32 Å². The van der Waals surface area contributed by atoms with Crippen LogP contribution in [0.15, 0.2) is 42.6 Å². The minimum absolute atomic E-state index is 0.0847. The van der Waals surface area contributed by atoms with E-state index in [-0.39, 0.29) is 34.2 Å². The number of H-pyrrole nitrogens is 1. The van der Waals surface area contributed by atoms with Crippen molar-refractivity contribution in [3.8, 4) is 0 Å². The Bertz CT molecular complexity index is 1420. The predicted molar refractivity (Wildman–Crippen MR) is 125 cm³/mol. The number of carbonyl (C=O) groups is 1. The van der Waals surface area contributed by atoms with Gasteiger partial charge in [0.1, 0.15) is 11.5 Å². The van der Waals surface area contributed by atoms with E-state index >= 15 is 0 Å². The van der Waals surface area contributed by atoms with Crippen LogP contribution in [0.2, 0.25) is 5.02 Å². The number of halogens is 5. The molecule has 0 aliphatic heterocycles. The predicted octanol–water partition coefficient (Wildman–Crippen LogP) is 6.08. The molecule has 0 spiro atoms. The minimum atomic E-state index is -4.60. The number of nitrogens with one attached hydrogen (secondary N) is 3. The molecule has 0 unspecified atom stereocenters. The number of hydrogen-bond donors (Lipinski definition) is 3. The molecule has 6 nitrogen and oxygen atoms in total. The number of nitrogens with zero attached hydrogens (tertiary/aromatic N) is 2. The quantitative estimate of drug-likeness (QED) is 0.294. The van der Waals surface area contributed by atoms with Crippen molar-refractivity contribution in [3.63, 3.8) is 0 Å². The van der Waals surface area contributed by atoms with Gasteiger partial charge in [-0.15, -0.1) is 0 Å². The number of rotatable bonds is 4. The van der Waals surface area contributed by atoms with Gasteiger partial charge < -0.3 is 10.6 Å². The molecule has 11 heteroatoms. The lowest BCUT2D eigenvalue weighted by atomic mass is 9.90. The Balaban J connectivity index is 1.35. The lowest BCUT2D eigenvalue weighted by Gasteiger charge is -2.31. The zero-order valence-corrected chi connectivity index (χ0v) is 19.0. The average Bonchev–Trinajstić information content (AvgIpc) is 3.29. The first-order chi connectivity index (χ1) is 16.7. The van der Waals surface area contributed by atoms with Gasteiger partial charge in [0.25, 0.3) is 5.91 Å². The molecule has 0 radical (unpaired) electrons. The topological polar surface area (TPSA) is 82.7 Å². The van der Waals surface area contributed by atoms with Gasteiger partial charge in [-0.25, -0.2) is 9.37 Å². The van der Waals surface area contributed by atoms with Crippen LogP contribution in [0.25, 0.3) is 21.8 Å². The van der Waals surface area contributed by atoms with Crippen molar-refractivity contribution in [1.82, 2.24) is 20.5 Å². The first kappa shape index (κ1) is 23.3. The number of carbonyl (C=O) groups excluding carboxylic acids is 1. The van der Waals surface area contributed by atoms with E-state index in [1.165, 1.54) is 24.4 Å². The van der Waals surface area contributed by atoms with Gasteiger partial charge >= 0.3 is 6.18 Å². The summed E-state index contributed by atoms with van der Waals surface area (Å²) < 4.78 is 55.0. The zero-order valence-electron chi connectivity index (χ0n) is 18.2. The van der Waals surface area contributed by atoms with Crippen LogP contribution in [-0.4, -0.2) is 33.2 Å². The number of aromatic amines is 1. The standard InChI is InChI=1S/C24H20ClF4N5O/c25-12-4-6-18-16(8-12)20(10-21(33-18)24(27,28)29)31-13-2-1-3-14(9-13)32-23(35)15-5-7-19-17(22(15)26)11-30-34-19/h4-8,10-11,13-14H,1-3,9H2,(H,30,34)(H,31,33)(H,32,35)/t13-,14+/m0/s1. The normalized spacial score (nSPS) is 18.7. The Morgan fingerprint density at radius 3 is 2.69 bits per heavy atom. The molecule has 1 saturated carbocycles. The van der Waals surface area contributed by atoms with Gasteiger partial charge in [-0.2, -0.15) is 18.3 Å². The SMILES string of the molecule is O=C(N[C@@H]1CCC[C@H](Nc2cc(C(F)(F)F)nc3ccc(Cl)cc23)C1)c1ccc2[nH]ncc2c1F. The second-order valence-electron chi connectivity index (χ2n) is 8.65. The van der Waals surface area contributed by atoms with Crippen LogP contribution in [0.3, 0.4) is 0 Å². The summed E-state index contributed by atoms with van der Waals surface area (Å²) in [5, 5.41) is 13.6. The number of hydrogen-bond acceptors (Lipinski definition) is 4. The van der Waals surface area contributed by atoms with Crippen molar-refractivity contribution in [3.05, 3.63) is 64.7 Å². The highest BCUT2D eigenvalue weighted by molar-refractivity contribution is 6.31. The largest absolute Gasteiger partial charge is 0.433 e. The van der Waals surface area contributed by atoms with Gasteiger partial charge in [-0.1, -0.05) is 11.6 Å². The number of anilines is 1. The maximum atomic E-state index is 14.7. The van der Waals surface area contributed by atoms with Crippen molar-refractivity contribution < 1.29 is 22.4 Å². The molecule has 1 aliphatic carbocycles. The summed E-state index contributed by atoms with van der Waals surface area (Å²) in [7, 11) is 0. The maximum absolute atomic E-state index is 14.7. The molecule has 1 aliphatic rings. The van der Waals surface area contributed by atoms with E-state index in [1.54, 1.807) is 12.1 Å². The minimum Gasteiger partial charge on any atom is -0.382 e. The number of fused-ring (bicyclic) bond motifs is 2. The second-order valence-corrected chi connectivity index (χ2v) is 9.09. The fourth-order valence-corrected chi connectivity index (χ4v) is 4.73. The molecule has 1 fully saturated rings. The number of amides is 1. The second kappa shape index (κ2) is 8.99. The summed E-state index contributed by atoms with van der Waals surface area (Å²) in [4.78, 5) is 16.5. The van der Waals surface area contributed by atoms with Crippen LogP contribution in [0.5, 0.6) is 0 Å². The molecular weight excluding hydrogens is 486 g/mol. The first-order valence-electron chi connectivity index (χ1n) is 11.1. The monoisotopic (exact) mass is 505 g/mol.